The summed E-state index contributed by atoms with van der Waals surface area (Å²) in [6, 6.07) is 7.55. The first-order chi connectivity index (χ1) is 7.19. The molecule has 1 unspecified atom stereocenters. The third-order valence-electron chi connectivity index (χ3n) is 2.40. The van der Waals surface area contributed by atoms with E-state index in [1.807, 2.05) is 18.2 Å². The summed E-state index contributed by atoms with van der Waals surface area (Å²) in [6.45, 7) is 5.42. The smallest absolute Gasteiger partial charge is 0.167 e. The average Bonchev–Trinajstić information content (AvgIpc) is 2.28. The number of carbonyl (C=O) groups is 1. The number of rotatable bonds is 5. The van der Waals surface area contributed by atoms with Crippen molar-refractivity contribution >= 4 is 5.78 Å². The highest BCUT2D eigenvalue weighted by Crippen LogP contribution is 2.12. The van der Waals surface area contributed by atoms with Gasteiger partial charge >= 0.3 is 0 Å². The number of Topliss-reactive ketones (excluding diaryl/α,β-unsaturated/α-hetero) is 1. The lowest BCUT2D eigenvalue weighted by Gasteiger charge is -2.08. The first kappa shape index (κ1) is 11.9. The molecular formula is C13H17O2. The van der Waals surface area contributed by atoms with E-state index in [1.54, 1.807) is 13.0 Å². The molecule has 0 saturated carbocycles. The molecule has 0 amide bonds. The molecule has 0 aliphatic heterocycles. The highest BCUT2D eigenvalue weighted by Gasteiger charge is 2.13. The van der Waals surface area contributed by atoms with E-state index in [0.717, 1.165) is 18.4 Å². The zero-order valence-electron chi connectivity index (χ0n) is 9.07. The molecule has 1 aromatic carbocycles. The number of ketones is 1. The van der Waals surface area contributed by atoms with Crippen LogP contribution in [0.4, 0.5) is 0 Å². The van der Waals surface area contributed by atoms with E-state index in [9.17, 15) is 4.79 Å². The summed E-state index contributed by atoms with van der Waals surface area (Å²) in [7, 11) is 0. The van der Waals surface area contributed by atoms with Gasteiger partial charge in [0.1, 0.15) is 0 Å². The van der Waals surface area contributed by atoms with E-state index < -0.39 is 0 Å². The first-order valence-electron chi connectivity index (χ1n) is 5.22. The molecule has 1 atom stereocenters. The lowest BCUT2D eigenvalue weighted by molar-refractivity contribution is 0.0877. The van der Waals surface area contributed by atoms with Gasteiger partial charge in [0.05, 0.1) is 6.61 Å². The summed E-state index contributed by atoms with van der Waals surface area (Å²) in [4.78, 5) is 11.8. The van der Waals surface area contributed by atoms with E-state index in [4.69, 9.17) is 5.11 Å². The summed E-state index contributed by atoms with van der Waals surface area (Å²) in [5.74, 6) is -0.316. The van der Waals surface area contributed by atoms with Crippen LogP contribution < -0.4 is 0 Å². The van der Waals surface area contributed by atoms with Crippen LogP contribution in [0.15, 0.2) is 24.3 Å². The Bertz CT molecular complexity index is 331. The van der Waals surface area contributed by atoms with Crippen molar-refractivity contribution in [2.45, 2.75) is 19.8 Å². The summed E-state index contributed by atoms with van der Waals surface area (Å²) < 4.78 is 0. The largest absolute Gasteiger partial charge is 0.396 e. The molecule has 1 aromatic rings. The molecule has 0 saturated heterocycles. The van der Waals surface area contributed by atoms with Gasteiger partial charge in [0, 0.05) is 11.5 Å². The van der Waals surface area contributed by atoms with Crippen molar-refractivity contribution in [2.24, 2.45) is 5.92 Å². The Morgan fingerprint density at radius 2 is 2.27 bits per heavy atom. The molecule has 0 fully saturated rings. The number of hydrogen-bond donors (Lipinski definition) is 1. The van der Waals surface area contributed by atoms with E-state index >= 15 is 0 Å². The fourth-order valence-electron chi connectivity index (χ4n) is 1.45. The van der Waals surface area contributed by atoms with E-state index in [2.05, 4.69) is 6.92 Å². The third kappa shape index (κ3) is 3.17. The molecule has 1 rings (SSSR count). The second-order valence-electron chi connectivity index (χ2n) is 3.75. The minimum absolute atomic E-state index is 0.00316. The van der Waals surface area contributed by atoms with E-state index in [0.29, 0.717) is 5.56 Å². The van der Waals surface area contributed by atoms with Crippen LogP contribution in [-0.4, -0.2) is 17.5 Å². The topological polar surface area (TPSA) is 37.3 Å². The molecule has 1 radical (unpaired) electrons. The lowest BCUT2D eigenvalue weighted by atomic mass is 9.97. The van der Waals surface area contributed by atoms with Gasteiger partial charge in [-0.1, -0.05) is 32.0 Å². The van der Waals surface area contributed by atoms with Crippen molar-refractivity contribution in [3.63, 3.8) is 0 Å². The molecule has 0 spiro atoms. The molecule has 0 aliphatic rings. The molecule has 2 nitrogen and oxygen atoms in total. The second kappa shape index (κ2) is 5.66. The van der Waals surface area contributed by atoms with Crippen LogP contribution in [0.3, 0.4) is 0 Å². The second-order valence-corrected chi connectivity index (χ2v) is 3.75. The number of aliphatic hydroxyl groups is 1. The Kier molecular flexibility index (Phi) is 4.50. The number of aliphatic hydroxyl groups excluding tert-OH is 1. The maximum Gasteiger partial charge on any atom is 0.167 e. The van der Waals surface area contributed by atoms with E-state index in [1.165, 1.54) is 0 Å². The maximum atomic E-state index is 11.8. The monoisotopic (exact) mass is 205 g/mol. The van der Waals surface area contributed by atoms with E-state index in [-0.39, 0.29) is 18.3 Å². The number of benzene rings is 1. The molecule has 0 aliphatic carbocycles. The predicted octanol–water partition coefficient (Wildman–Crippen LogP) is 2.26. The fraction of sp³-hybridized carbons (Fsp3) is 0.385. The van der Waals surface area contributed by atoms with Crippen LogP contribution in [0, 0.1) is 12.8 Å². The van der Waals surface area contributed by atoms with Gasteiger partial charge in [-0.25, -0.2) is 0 Å². The SMILES string of the molecule is [CH2]CCc1cccc(C(=O)C(C)CO)c1. The Morgan fingerprint density at radius 3 is 2.87 bits per heavy atom. The summed E-state index contributed by atoms with van der Waals surface area (Å²) in [6.07, 6.45) is 1.71. The zero-order valence-corrected chi connectivity index (χ0v) is 9.07. The van der Waals surface area contributed by atoms with Crippen LogP contribution in [0.5, 0.6) is 0 Å². The summed E-state index contributed by atoms with van der Waals surface area (Å²) in [5, 5.41) is 8.91. The van der Waals surface area contributed by atoms with Crippen LogP contribution in [0.25, 0.3) is 0 Å². The number of hydrogen-bond acceptors (Lipinski definition) is 2. The van der Waals surface area contributed by atoms with Crippen LogP contribution in [0.1, 0.15) is 29.3 Å². The molecule has 81 valence electrons. The molecule has 0 heterocycles. The van der Waals surface area contributed by atoms with Crippen LogP contribution in [-0.2, 0) is 6.42 Å². The van der Waals surface area contributed by atoms with Crippen molar-refractivity contribution in [1.82, 2.24) is 0 Å². The minimum Gasteiger partial charge on any atom is -0.396 e. The lowest BCUT2D eigenvalue weighted by Crippen LogP contribution is -2.15. The number of aryl methyl sites for hydroxylation is 1. The normalized spacial score (nSPS) is 12.5. The van der Waals surface area contributed by atoms with Gasteiger partial charge in [0.15, 0.2) is 5.78 Å². The van der Waals surface area contributed by atoms with Crippen molar-refractivity contribution < 1.29 is 9.90 Å². The highest BCUT2D eigenvalue weighted by molar-refractivity contribution is 5.97. The van der Waals surface area contributed by atoms with Crippen molar-refractivity contribution in [1.29, 1.82) is 0 Å². The predicted molar refractivity (Wildman–Crippen MR) is 60.7 cm³/mol. The van der Waals surface area contributed by atoms with Crippen molar-refractivity contribution in [2.75, 3.05) is 6.61 Å². The summed E-state index contributed by atoms with van der Waals surface area (Å²) in [5.41, 5.74) is 1.81. The standard InChI is InChI=1S/C13H17O2/c1-3-5-11-6-4-7-12(8-11)13(15)10(2)9-14/h4,6-8,10,14H,1,3,5,9H2,2H3. The molecular weight excluding hydrogens is 188 g/mol. The van der Waals surface area contributed by atoms with Gasteiger partial charge in [-0.3, -0.25) is 4.79 Å². The van der Waals surface area contributed by atoms with Crippen LogP contribution >= 0.6 is 0 Å². The third-order valence-corrected chi connectivity index (χ3v) is 2.40. The minimum atomic E-state index is -0.319. The van der Waals surface area contributed by atoms with Gasteiger partial charge in [-0.2, -0.15) is 0 Å². The van der Waals surface area contributed by atoms with Crippen molar-refractivity contribution in [3.05, 3.63) is 42.3 Å². The van der Waals surface area contributed by atoms with Crippen molar-refractivity contribution in [3.8, 4) is 0 Å². The Balaban J connectivity index is 2.85. The Morgan fingerprint density at radius 1 is 1.53 bits per heavy atom. The molecule has 1 N–H and O–H groups in total. The highest BCUT2D eigenvalue weighted by atomic mass is 16.3. The maximum absolute atomic E-state index is 11.8. The summed E-state index contributed by atoms with van der Waals surface area (Å²) >= 11 is 0. The quantitative estimate of drug-likeness (QED) is 0.749. The van der Waals surface area contributed by atoms with Crippen LogP contribution in [0.2, 0.25) is 0 Å². The molecule has 2 heteroatoms. The van der Waals surface area contributed by atoms with Gasteiger partial charge in [-0.15, -0.1) is 0 Å². The molecule has 15 heavy (non-hydrogen) atoms. The van der Waals surface area contributed by atoms with Gasteiger partial charge < -0.3 is 5.11 Å². The fourth-order valence-corrected chi connectivity index (χ4v) is 1.45. The molecule has 0 aromatic heterocycles. The zero-order chi connectivity index (χ0) is 11.3. The first-order valence-corrected chi connectivity index (χ1v) is 5.22. The average molecular weight is 205 g/mol. The van der Waals surface area contributed by atoms with Gasteiger partial charge in [0.2, 0.25) is 0 Å². The Hall–Kier alpha value is -1.15. The molecule has 0 bridgehead atoms. The van der Waals surface area contributed by atoms with Gasteiger partial charge in [0.25, 0.3) is 0 Å². The Labute approximate surface area is 90.9 Å². The number of carbonyl (C=O) groups excluding carboxylic acids is 1. The van der Waals surface area contributed by atoms with Gasteiger partial charge in [-0.05, 0) is 24.5 Å².